The van der Waals surface area contributed by atoms with Gasteiger partial charge in [0.2, 0.25) is 5.91 Å². The molecule has 1 aliphatic rings. The number of rotatable bonds is 8. The molecule has 1 atom stereocenters. The Balaban J connectivity index is 1.71. The average molecular weight is 477 g/mol. The van der Waals surface area contributed by atoms with Gasteiger partial charge in [-0.25, -0.2) is 0 Å². The first-order valence-corrected chi connectivity index (χ1v) is 11.8. The molecule has 1 N–H and O–H groups in total. The second-order valence-corrected chi connectivity index (χ2v) is 9.23. The molecule has 172 valence electrons. The normalized spacial score (nSPS) is 15.1. The molecule has 0 spiro atoms. The van der Waals surface area contributed by atoms with Crippen LogP contribution in [0, 0.1) is 6.92 Å². The lowest BCUT2D eigenvalue weighted by Gasteiger charge is -2.31. The van der Waals surface area contributed by atoms with Gasteiger partial charge in [0.05, 0.1) is 5.02 Å². The first-order chi connectivity index (χ1) is 15.3. The van der Waals surface area contributed by atoms with Gasteiger partial charge >= 0.3 is 0 Å². The second-order valence-electron chi connectivity index (χ2n) is 8.39. The van der Waals surface area contributed by atoms with Crippen molar-refractivity contribution in [1.82, 2.24) is 10.2 Å². The molecule has 3 rings (SSSR count). The van der Waals surface area contributed by atoms with Crippen LogP contribution in [0.1, 0.15) is 50.2 Å². The molecule has 1 aliphatic carbocycles. The Morgan fingerprint density at radius 3 is 2.44 bits per heavy atom. The molecule has 2 aromatic rings. The maximum Gasteiger partial charge on any atom is 0.261 e. The zero-order valence-electron chi connectivity index (χ0n) is 18.6. The van der Waals surface area contributed by atoms with E-state index < -0.39 is 6.04 Å². The fourth-order valence-corrected chi connectivity index (χ4v) is 4.32. The van der Waals surface area contributed by atoms with Crippen LogP contribution in [0.4, 0.5) is 0 Å². The highest BCUT2D eigenvalue weighted by Gasteiger charge is 2.28. The van der Waals surface area contributed by atoms with E-state index in [1.54, 1.807) is 30.0 Å². The van der Waals surface area contributed by atoms with Crippen molar-refractivity contribution in [2.75, 3.05) is 6.61 Å². The lowest BCUT2D eigenvalue weighted by Crippen LogP contribution is -2.51. The third-order valence-electron chi connectivity index (χ3n) is 5.84. The third kappa shape index (κ3) is 6.88. The summed E-state index contributed by atoms with van der Waals surface area (Å²) in [5.41, 5.74) is 2.08. The number of benzene rings is 2. The molecule has 5 nitrogen and oxygen atoms in total. The first kappa shape index (κ1) is 24.4. The number of aryl methyl sites for hydroxylation is 1. The van der Waals surface area contributed by atoms with Crippen LogP contribution in [-0.2, 0) is 16.1 Å². The van der Waals surface area contributed by atoms with Crippen LogP contribution in [-0.4, -0.2) is 35.4 Å². The van der Waals surface area contributed by atoms with E-state index in [4.69, 9.17) is 27.9 Å². The Morgan fingerprint density at radius 1 is 1.09 bits per heavy atom. The average Bonchev–Trinajstić information content (AvgIpc) is 2.78. The smallest absolute Gasteiger partial charge is 0.261 e. The van der Waals surface area contributed by atoms with Gasteiger partial charge in [-0.15, -0.1) is 0 Å². The summed E-state index contributed by atoms with van der Waals surface area (Å²) in [6, 6.07) is 12.3. The van der Waals surface area contributed by atoms with Crippen LogP contribution in [0.5, 0.6) is 5.75 Å². The number of nitrogens with one attached hydrogen (secondary N) is 1. The molecule has 1 saturated carbocycles. The van der Waals surface area contributed by atoms with Gasteiger partial charge < -0.3 is 15.0 Å². The maximum absolute atomic E-state index is 13.2. The Bertz CT molecular complexity index is 927. The van der Waals surface area contributed by atoms with E-state index in [0.717, 1.165) is 36.8 Å². The van der Waals surface area contributed by atoms with Crippen LogP contribution in [0.3, 0.4) is 0 Å². The van der Waals surface area contributed by atoms with E-state index in [1.165, 1.54) is 6.42 Å². The Morgan fingerprint density at radius 2 is 1.78 bits per heavy atom. The predicted molar refractivity (Wildman–Crippen MR) is 128 cm³/mol. The number of halogens is 2. The molecular weight excluding hydrogens is 447 g/mol. The molecule has 0 aliphatic heterocycles. The lowest BCUT2D eigenvalue weighted by atomic mass is 9.95. The van der Waals surface area contributed by atoms with Gasteiger partial charge in [0.15, 0.2) is 6.61 Å². The number of ether oxygens (including phenoxy) is 1. The minimum atomic E-state index is -0.630. The van der Waals surface area contributed by atoms with E-state index in [9.17, 15) is 9.59 Å². The van der Waals surface area contributed by atoms with Crippen molar-refractivity contribution < 1.29 is 14.3 Å². The highest BCUT2D eigenvalue weighted by Crippen LogP contribution is 2.27. The largest absolute Gasteiger partial charge is 0.482 e. The van der Waals surface area contributed by atoms with Crippen molar-refractivity contribution in [2.24, 2.45) is 0 Å². The highest BCUT2D eigenvalue weighted by atomic mass is 35.5. The second kappa shape index (κ2) is 11.6. The zero-order valence-corrected chi connectivity index (χ0v) is 20.1. The van der Waals surface area contributed by atoms with Crippen molar-refractivity contribution in [1.29, 1.82) is 0 Å². The van der Waals surface area contributed by atoms with E-state index >= 15 is 0 Å². The molecular formula is C25H30Cl2N2O3. The van der Waals surface area contributed by atoms with Gasteiger partial charge in [0.25, 0.3) is 5.91 Å². The standard InChI is InChI=1S/C25H30Cl2N2O3/c1-17-8-10-19(11-9-17)15-29(18(2)25(31)28-21-6-4-3-5-7-21)24(30)16-32-23-13-12-20(26)14-22(23)27/h8-14,18,21H,3-7,15-16H2,1-2H3,(H,28,31)/t18-/m0/s1. The third-order valence-corrected chi connectivity index (χ3v) is 6.37. The van der Waals surface area contributed by atoms with Crippen LogP contribution in [0.25, 0.3) is 0 Å². The van der Waals surface area contributed by atoms with Crippen LogP contribution >= 0.6 is 23.2 Å². The highest BCUT2D eigenvalue weighted by molar-refractivity contribution is 6.35. The van der Waals surface area contributed by atoms with Gasteiger partial charge in [-0.3, -0.25) is 9.59 Å². The molecule has 0 radical (unpaired) electrons. The van der Waals surface area contributed by atoms with Crippen LogP contribution < -0.4 is 10.1 Å². The maximum atomic E-state index is 13.2. The zero-order chi connectivity index (χ0) is 23.1. The monoisotopic (exact) mass is 476 g/mol. The molecule has 0 saturated heterocycles. The predicted octanol–water partition coefficient (Wildman–Crippen LogP) is 5.55. The molecule has 0 aromatic heterocycles. The quantitative estimate of drug-likeness (QED) is 0.543. The first-order valence-electron chi connectivity index (χ1n) is 11.1. The molecule has 0 heterocycles. The SMILES string of the molecule is Cc1ccc(CN(C(=O)COc2ccc(Cl)cc2Cl)[C@@H](C)C(=O)NC2CCCCC2)cc1. The number of hydrogen-bond donors (Lipinski definition) is 1. The number of hydrogen-bond acceptors (Lipinski definition) is 3. The minimum absolute atomic E-state index is 0.137. The van der Waals surface area contributed by atoms with Crippen molar-refractivity contribution in [2.45, 2.75) is 64.6 Å². The fraction of sp³-hybridized carbons (Fsp3) is 0.440. The Hall–Kier alpha value is -2.24. The van der Waals surface area contributed by atoms with E-state index in [0.29, 0.717) is 22.3 Å². The summed E-state index contributed by atoms with van der Waals surface area (Å²) in [6.45, 7) is 3.86. The molecule has 32 heavy (non-hydrogen) atoms. The fourth-order valence-electron chi connectivity index (χ4n) is 3.86. The van der Waals surface area contributed by atoms with Gasteiger partial charge in [0, 0.05) is 17.6 Å². The van der Waals surface area contributed by atoms with E-state index in [2.05, 4.69) is 5.32 Å². The lowest BCUT2D eigenvalue weighted by molar-refractivity contribution is -0.142. The Labute approximate surface area is 200 Å². The summed E-state index contributed by atoms with van der Waals surface area (Å²) in [7, 11) is 0. The van der Waals surface area contributed by atoms with Crippen molar-refractivity contribution >= 4 is 35.0 Å². The summed E-state index contributed by atoms with van der Waals surface area (Å²) < 4.78 is 5.66. The van der Waals surface area contributed by atoms with Gasteiger partial charge in [0.1, 0.15) is 11.8 Å². The number of amides is 2. The summed E-state index contributed by atoms with van der Waals surface area (Å²) in [5.74, 6) is -0.0521. The topological polar surface area (TPSA) is 58.6 Å². The molecule has 2 aromatic carbocycles. The number of nitrogens with zero attached hydrogens (tertiary/aromatic N) is 1. The summed E-state index contributed by atoms with van der Waals surface area (Å²) in [4.78, 5) is 27.7. The Kier molecular flexibility index (Phi) is 8.83. The van der Waals surface area contributed by atoms with Gasteiger partial charge in [-0.05, 0) is 50.5 Å². The van der Waals surface area contributed by atoms with Crippen LogP contribution in [0.15, 0.2) is 42.5 Å². The molecule has 1 fully saturated rings. The van der Waals surface area contributed by atoms with E-state index in [1.807, 2.05) is 31.2 Å². The summed E-state index contributed by atoms with van der Waals surface area (Å²) in [6.07, 6.45) is 5.44. The van der Waals surface area contributed by atoms with E-state index in [-0.39, 0.29) is 24.5 Å². The van der Waals surface area contributed by atoms with Gasteiger partial charge in [-0.2, -0.15) is 0 Å². The summed E-state index contributed by atoms with van der Waals surface area (Å²) in [5, 5.41) is 3.95. The number of carbonyl (C=O) groups excluding carboxylic acids is 2. The van der Waals surface area contributed by atoms with Crippen LogP contribution in [0.2, 0.25) is 10.0 Å². The molecule has 2 amide bonds. The number of carbonyl (C=O) groups is 2. The molecule has 0 bridgehead atoms. The molecule has 0 unspecified atom stereocenters. The summed E-state index contributed by atoms with van der Waals surface area (Å²) >= 11 is 12.1. The van der Waals surface area contributed by atoms with Crippen molar-refractivity contribution in [3.8, 4) is 5.75 Å². The molecule has 7 heteroatoms. The minimum Gasteiger partial charge on any atom is -0.482 e. The van der Waals surface area contributed by atoms with Crippen molar-refractivity contribution in [3.63, 3.8) is 0 Å². The van der Waals surface area contributed by atoms with Gasteiger partial charge in [-0.1, -0.05) is 72.3 Å². The van der Waals surface area contributed by atoms with Crippen molar-refractivity contribution in [3.05, 3.63) is 63.6 Å².